The van der Waals surface area contributed by atoms with Gasteiger partial charge in [0.2, 0.25) is 0 Å². The molecule has 2 aromatic carbocycles. The number of carbonyl (C=O) groups is 1. The summed E-state index contributed by atoms with van der Waals surface area (Å²) in [4.78, 5) is 16.8. The predicted octanol–water partition coefficient (Wildman–Crippen LogP) is 5.11. The van der Waals surface area contributed by atoms with Crippen molar-refractivity contribution in [2.75, 3.05) is 19.0 Å². The van der Waals surface area contributed by atoms with Gasteiger partial charge < -0.3 is 14.8 Å². The summed E-state index contributed by atoms with van der Waals surface area (Å²) in [6, 6.07) is 12.8. The summed E-state index contributed by atoms with van der Waals surface area (Å²) in [6.07, 6.45) is 1.78. The molecule has 0 atom stereocenters. The molecule has 0 unspecified atom stereocenters. The average molecular weight is 382 g/mol. The van der Waals surface area contributed by atoms with Gasteiger partial charge in [-0.2, -0.15) is 0 Å². The van der Waals surface area contributed by atoms with Gasteiger partial charge in [0.1, 0.15) is 5.01 Å². The van der Waals surface area contributed by atoms with E-state index in [9.17, 15) is 4.79 Å². The smallest absolute Gasteiger partial charge is 0.255 e. The van der Waals surface area contributed by atoms with Crippen LogP contribution in [0.15, 0.2) is 54.0 Å². The number of ether oxygens (including phenoxy) is 2. The highest BCUT2D eigenvalue weighted by molar-refractivity contribution is 7.13. The van der Waals surface area contributed by atoms with E-state index >= 15 is 0 Å². The zero-order valence-electron chi connectivity index (χ0n) is 15.6. The molecule has 5 nitrogen and oxygen atoms in total. The van der Waals surface area contributed by atoms with Crippen LogP contribution in [0.4, 0.5) is 5.69 Å². The molecule has 140 valence electrons. The first kappa shape index (κ1) is 18.9. The highest BCUT2D eigenvalue weighted by atomic mass is 32.1. The van der Waals surface area contributed by atoms with E-state index < -0.39 is 0 Å². The van der Waals surface area contributed by atoms with Gasteiger partial charge in [-0.05, 0) is 48.4 Å². The Hall–Kier alpha value is -2.86. The normalized spacial score (nSPS) is 10.7. The Morgan fingerprint density at radius 1 is 1.15 bits per heavy atom. The highest BCUT2D eigenvalue weighted by Crippen LogP contribution is 2.29. The van der Waals surface area contributed by atoms with Crippen molar-refractivity contribution in [1.29, 1.82) is 0 Å². The Labute approximate surface area is 163 Å². The minimum Gasteiger partial charge on any atom is -0.493 e. The number of rotatable bonds is 7. The van der Waals surface area contributed by atoms with Gasteiger partial charge in [-0.15, -0.1) is 11.3 Å². The van der Waals surface area contributed by atoms with E-state index in [1.54, 1.807) is 42.8 Å². The summed E-state index contributed by atoms with van der Waals surface area (Å²) in [5.74, 6) is 1.38. The summed E-state index contributed by atoms with van der Waals surface area (Å²) in [5.41, 5.74) is 2.25. The lowest BCUT2D eigenvalue weighted by Crippen LogP contribution is -2.12. The van der Waals surface area contributed by atoms with Crippen LogP contribution in [0.25, 0.3) is 10.6 Å². The van der Waals surface area contributed by atoms with E-state index in [1.165, 1.54) is 0 Å². The molecule has 0 bridgehead atoms. The summed E-state index contributed by atoms with van der Waals surface area (Å²) < 4.78 is 11.1. The Morgan fingerprint density at radius 2 is 1.93 bits per heavy atom. The highest BCUT2D eigenvalue weighted by Gasteiger charge is 2.12. The van der Waals surface area contributed by atoms with Crippen molar-refractivity contribution in [3.63, 3.8) is 0 Å². The fraction of sp³-hybridized carbons (Fsp3) is 0.238. The number of aromatic nitrogens is 1. The molecule has 1 amide bonds. The summed E-state index contributed by atoms with van der Waals surface area (Å²) in [5, 5.41) is 5.79. The van der Waals surface area contributed by atoms with Crippen LogP contribution in [0.2, 0.25) is 0 Å². The van der Waals surface area contributed by atoms with Crippen LogP contribution in [0.5, 0.6) is 11.5 Å². The fourth-order valence-electron chi connectivity index (χ4n) is 2.45. The molecule has 1 heterocycles. The molecular formula is C21H22N2O3S. The Balaban J connectivity index is 1.70. The van der Waals surface area contributed by atoms with E-state index in [0.29, 0.717) is 29.6 Å². The summed E-state index contributed by atoms with van der Waals surface area (Å²) in [7, 11) is 1.57. The van der Waals surface area contributed by atoms with Gasteiger partial charge in [0.15, 0.2) is 11.5 Å². The third-order valence-corrected chi connectivity index (χ3v) is 4.64. The van der Waals surface area contributed by atoms with Crippen LogP contribution in [-0.2, 0) is 0 Å². The molecule has 0 fully saturated rings. The molecule has 0 spiro atoms. The molecule has 6 heteroatoms. The Kier molecular flexibility index (Phi) is 6.08. The monoisotopic (exact) mass is 382 g/mol. The lowest BCUT2D eigenvalue weighted by Gasteiger charge is -2.13. The first-order valence-corrected chi connectivity index (χ1v) is 9.57. The lowest BCUT2D eigenvalue weighted by molar-refractivity contribution is 0.102. The minimum absolute atomic E-state index is 0.203. The number of hydrogen-bond acceptors (Lipinski definition) is 5. The number of nitrogens with one attached hydrogen (secondary N) is 1. The number of nitrogens with zero attached hydrogens (tertiary/aromatic N) is 1. The van der Waals surface area contributed by atoms with Crippen molar-refractivity contribution >= 4 is 22.9 Å². The standard InChI is InChI=1S/C21H22N2O3S/c1-14(2)13-26-18-9-6-16(12-19(18)25-3)20(24)23-17-7-4-15(5-8-17)21-22-10-11-27-21/h4-12,14H,13H2,1-3H3,(H,23,24). The molecule has 27 heavy (non-hydrogen) atoms. The van der Waals surface area contributed by atoms with Crippen molar-refractivity contribution < 1.29 is 14.3 Å². The molecule has 0 aliphatic rings. The maximum atomic E-state index is 12.6. The quantitative estimate of drug-likeness (QED) is 0.617. The molecule has 0 saturated carbocycles. The summed E-state index contributed by atoms with van der Waals surface area (Å²) >= 11 is 1.58. The van der Waals surface area contributed by atoms with E-state index in [2.05, 4.69) is 24.1 Å². The molecule has 0 aliphatic heterocycles. The first-order valence-electron chi connectivity index (χ1n) is 8.69. The van der Waals surface area contributed by atoms with Crippen LogP contribution < -0.4 is 14.8 Å². The molecule has 1 N–H and O–H groups in total. The van der Waals surface area contributed by atoms with Crippen LogP contribution >= 0.6 is 11.3 Å². The molecular weight excluding hydrogens is 360 g/mol. The topological polar surface area (TPSA) is 60.5 Å². The van der Waals surface area contributed by atoms with Crippen molar-refractivity contribution in [3.05, 3.63) is 59.6 Å². The second-order valence-corrected chi connectivity index (χ2v) is 7.33. The van der Waals surface area contributed by atoms with E-state index in [0.717, 1.165) is 16.3 Å². The molecule has 0 radical (unpaired) electrons. The fourth-order valence-corrected chi connectivity index (χ4v) is 3.09. The van der Waals surface area contributed by atoms with Gasteiger partial charge in [-0.3, -0.25) is 4.79 Å². The average Bonchev–Trinajstić information content (AvgIpc) is 3.21. The van der Waals surface area contributed by atoms with Crippen LogP contribution in [0, 0.1) is 5.92 Å². The number of carbonyl (C=O) groups excluding carboxylic acids is 1. The zero-order chi connectivity index (χ0) is 19.2. The largest absolute Gasteiger partial charge is 0.493 e. The third kappa shape index (κ3) is 4.86. The number of benzene rings is 2. The number of hydrogen-bond donors (Lipinski definition) is 1. The number of methoxy groups -OCH3 is 1. The van der Waals surface area contributed by atoms with Gasteiger partial charge in [0.25, 0.3) is 5.91 Å². The molecule has 0 aliphatic carbocycles. The predicted molar refractivity (Wildman–Crippen MR) is 109 cm³/mol. The number of anilines is 1. The molecule has 0 saturated heterocycles. The first-order chi connectivity index (χ1) is 13.1. The zero-order valence-corrected chi connectivity index (χ0v) is 16.4. The van der Waals surface area contributed by atoms with Gasteiger partial charge >= 0.3 is 0 Å². The van der Waals surface area contributed by atoms with E-state index in [1.807, 2.05) is 29.6 Å². The van der Waals surface area contributed by atoms with Crippen molar-refractivity contribution in [3.8, 4) is 22.1 Å². The van der Waals surface area contributed by atoms with Gasteiger partial charge in [-0.1, -0.05) is 13.8 Å². The maximum Gasteiger partial charge on any atom is 0.255 e. The van der Waals surface area contributed by atoms with Crippen molar-refractivity contribution in [2.24, 2.45) is 5.92 Å². The third-order valence-electron chi connectivity index (χ3n) is 3.82. The Bertz CT molecular complexity index is 890. The second-order valence-electron chi connectivity index (χ2n) is 6.44. The van der Waals surface area contributed by atoms with Crippen molar-refractivity contribution in [1.82, 2.24) is 4.98 Å². The van der Waals surface area contributed by atoms with Gasteiger partial charge in [0.05, 0.1) is 13.7 Å². The molecule has 3 rings (SSSR count). The maximum absolute atomic E-state index is 12.6. The number of thiazole rings is 1. The Morgan fingerprint density at radius 3 is 2.56 bits per heavy atom. The molecule has 3 aromatic rings. The van der Waals surface area contributed by atoms with Crippen LogP contribution in [-0.4, -0.2) is 24.6 Å². The van der Waals surface area contributed by atoms with Gasteiger partial charge in [-0.25, -0.2) is 4.98 Å². The second kappa shape index (κ2) is 8.68. The van der Waals surface area contributed by atoms with Crippen LogP contribution in [0.3, 0.4) is 0 Å². The van der Waals surface area contributed by atoms with Crippen LogP contribution in [0.1, 0.15) is 24.2 Å². The number of amides is 1. The summed E-state index contributed by atoms with van der Waals surface area (Å²) in [6.45, 7) is 4.75. The molecule has 1 aromatic heterocycles. The minimum atomic E-state index is -0.203. The SMILES string of the molecule is COc1cc(C(=O)Nc2ccc(-c3nccs3)cc2)ccc1OCC(C)C. The van der Waals surface area contributed by atoms with E-state index in [4.69, 9.17) is 9.47 Å². The van der Waals surface area contributed by atoms with Crippen molar-refractivity contribution in [2.45, 2.75) is 13.8 Å². The van der Waals surface area contributed by atoms with Gasteiger partial charge in [0, 0.05) is 28.4 Å². The lowest BCUT2D eigenvalue weighted by atomic mass is 10.1. The van der Waals surface area contributed by atoms with E-state index in [-0.39, 0.29) is 5.91 Å².